The third-order valence-corrected chi connectivity index (χ3v) is 4.12. The largest absolute Gasteiger partial charge is 0.493 e. The number of alkyl halides is 3. The standard InChI is InChI=1S/C20H23F3N2O3/c1-5-10-28-16-8-6-14(11-17(16)27-4)12(2)25-19(26)15-7-9-18(20(21,22)23)24-13(15)3/h6-9,11-12H,5,10H2,1-4H3,(H,25,26). The molecule has 0 radical (unpaired) electrons. The van der Waals surface area contributed by atoms with E-state index in [2.05, 4.69) is 10.3 Å². The molecule has 0 aliphatic heterocycles. The maximum atomic E-state index is 12.7. The average Bonchev–Trinajstić information content (AvgIpc) is 2.65. The van der Waals surface area contributed by atoms with E-state index in [1.54, 1.807) is 25.1 Å². The molecular formula is C20H23F3N2O3. The van der Waals surface area contributed by atoms with Crippen LogP contribution < -0.4 is 14.8 Å². The Bertz CT molecular complexity index is 838. The number of aryl methyl sites for hydroxylation is 1. The van der Waals surface area contributed by atoms with Crippen molar-refractivity contribution >= 4 is 5.91 Å². The minimum Gasteiger partial charge on any atom is -0.493 e. The van der Waals surface area contributed by atoms with Crippen molar-refractivity contribution < 1.29 is 27.4 Å². The van der Waals surface area contributed by atoms with Crippen LogP contribution in [0, 0.1) is 6.92 Å². The highest BCUT2D eigenvalue weighted by Gasteiger charge is 2.33. The molecule has 0 aliphatic rings. The Morgan fingerprint density at radius 1 is 1.21 bits per heavy atom. The Morgan fingerprint density at radius 3 is 2.50 bits per heavy atom. The van der Waals surface area contributed by atoms with Crippen molar-refractivity contribution in [1.82, 2.24) is 10.3 Å². The van der Waals surface area contributed by atoms with Gasteiger partial charge in [-0.3, -0.25) is 4.79 Å². The number of carbonyl (C=O) groups excluding carboxylic acids is 1. The number of amides is 1. The fraction of sp³-hybridized carbons (Fsp3) is 0.400. The van der Waals surface area contributed by atoms with E-state index in [4.69, 9.17) is 9.47 Å². The van der Waals surface area contributed by atoms with Crippen LogP contribution >= 0.6 is 0 Å². The topological polar surface area (TPSA) is 60.5 Å². The Kier molecular flexibility index (Phi) is 6.88. The lowest BCUT2D eigenvalue weighted by atomic mass is 10.1. The molecule has 1 unspecified atom stereocenters. The first-order valence-corrected chi connectivity index (χ1v) is 8.83. The first-order valence-electron chi connectivity index (χ1n) is 8.83. The highest BCUT2D eigenvalue weighted by molar-refractivity contribution is 5.95. The van der Waals surface area contributed by atoms with Crippen molar-refractivity contribution in [3.05, 3.63) is 52.8 Å². The molecule has 0 spiro atoms. The highest BCUT2D eigenvalue weighted by Crippen LogP contribution is 2.31. The van der Waals surface area contributed by atoms with Gasteiger partial charge in [0.2, 0.25) is 0 Å². The van der Waals surface area contributed by atoms with Crippen LogP contribution in [0.2, 0.25) is 0 Å². The Morgan fingerprint density at radius 2 is 1.93 bits per heavy atom. The quantitative estimate of drug-likeness (QED) is 0.737. The van der Waals surface area contributed by atoms with Gasteiger partial charge in [0.05, 0.1) is 31.0 Å². The Balaban J connectivity index is 2.16. The zero-order chi connectivity index (χ0) is 20.9. The molecule has 1 aromatic heterocycles. The Hall–Kier alpha value is -2.77. The van der Waals surface area contributed by atoms with Crippen LogP contribution in [0.5, 0.6) is 11.5 Å². The van der Waals surface area contributed by atoms with Gasteiger partial charge < -0.3 is 14.8 Å². The van der Waals surface area contributed by atoms with Crippen molar-refractivity contribution in [2.75, 3.05) is 13.7 Å². The summed E-state index contributed by atoms with van der Waals surface area (Å²) in [6, 6.07) is 6.86. The van der Waals surface area contributed by atoms with Crippen LogP contribution in [0.1, 0.15) is 53.6 Å². The van der Waals surface area contributed by atoms with Gasteiger partial charge in [0.15, 0.2) is 11.5 Å². The number of nitrogens with zero attached hydrogens (tertiary/aromatic N) is 1. The van der Waals surface area contributed by atoms with Crippen molar-refractivity contribution in [3.63, 3.8) is 0 Å². The van der Waals surface area contributed by atoms with Crippen LogP contribution in [-0.2, 0) is 6.18 Å². The lowest BCUT2D eigenvalue weighted by Crippen LogP contribution is -2.28. The van der Waals surface area contributed by atoms with Gasteiger partial charge in [0, 0.05) is 0 Å². The van der Waals surface area contributed by atoms with E-state index in [1.807, 2.05) is 6.92 Å². The molecule has 152 valence electrons. The summed E-state index contributed by atoms with van der Waals surface area (Å²) in [7, 11) is 1.53. The van der Waals surface area contributed by atoms with Crippen molar-refractivity contribution in [3.8, 4) is 11.5 Å². The molecule has 5 nitrogen and oxygen atoms in total. The highest BCUT2D eigenvalue weighted by atomic mass is 19.4. The van der Waals surface area contributed by atoms with Gasteiger partial charge in [-0.2, -0.15) is 13.2 Å². The summed E-state index contributed by atoms with van der Waals surface area (Å²) in [6.45, 7) is 5.70. The fourth-order valence-electron chi connectivity index (χ4n) is 2.60. The number of hydrogen-bond donors (Lipinski definition) is 1. The van der Waals surface area contributed by atoms with Gasteiger partial charge in [-0.05, 0) is 50.1 Å². The predicted octanol–water partition coefficient (Wildman–Crippen LogP) is 4.70. The molecule has 1 aromatic carbocycles. The third kappa shape index (κ3) is 5.15. The molecule has 28 heavy (non-hydrogen) atoms. The SMILES string of the molecule is CCCOc1ccc(C(C)NC(=O)c2ccc(C(F)(F)F)nc2C)cc1OC. The summed E-state index contributed by atoms with van der Waals surface area (Å²) in [4.78, 5) is 16.0. The van der Waals surface area contributed by atoms with Crippen molar-refractivity contribution in [2.45, 2.75) is 39.4 Å². The molecule has 1 atom stereocenters. The van der Waals surface area contributed by atoms with E-state index in [-0.39, 0.29) is 11.3 Å². The molecule has 1 N–H and O–H groups in total. The second kappa shape index (κ2) is 8.95. The minimum atomic E-state index is -4.55. The smallest absolute Gasteiger partial charge is 0.433 e. The van der Waals surface area contributed by atoms with Crippen LogP contribution in [-0.4, -0.2) is 24.6 Å². The second-order valence-electron chi connectivity index (χ2n) is 6.28. The molecule has 1 heterocycles. The van der Waals surface area contributed by atoms with E-state index in [0.29, 0.717) is 18.1 Å². The number of aromatic nitrogens is 1. The van der Waals surface area contributed by atoms with Crippen LogP contribution in [0.15, 0.2) is 30.3 Å². The number of pyridine rings is 1. The maximum Gasteiger partial charge on any atom is 0.433 e. The predicted molar refractivity (Wildman–Crippen MR) is 98.6 cm³/mol. The number of hydrogen-bond acceptors (Lipinski definition) is 4. The number of halogens is 3. The molecular weight excluding hydrogens is 373 g/mol. The monoisotopic (exact) mass is 396 g/mol. The van der Waals surface area contributed by atoms with Crippen LogP contribution in [0.3, 0.4) is 0 Å². The van der Waals surface area contributed by atoms with Gasteiger partial charge in [-0.1, -0.05) is 13.0 Å². The lowest BCUT2D eigenvalue weighted by molar-refractivity contribution is -0.141. The lowest BCUT2D eigenvalue weighted by Gasteiger charge is -2.18. The first kappa shape index (κ1) is 21.5. The maximum absolute atomic E-state index is 12.7. The second-order valence-corrected chi connectivity index (χ2v) is 6.28. The van der Waals surface area contributed by atoms with E-state index in [1.165, 1.54) is 14.0 Å². The normalized spacial score (nSPS) is 12.4. The molecule has 0 saturated heterocycles. The molecule has 1 amide bonds. The number of methoxy groups -OCH3 is 1. The number of carbonyl (C=O) groups is 1. The van der Waals surface area contributed by atoms with Gasteiger partial charge in [-0.25, -0.2) is 4.98 Å². The minimum absolute atomic E-state index is 0.0143. The Labute approximate surface area is 161 Å². The molecule has 0 saturated carbocycles. The van der Waals surface area contributed by atoms with E-state index in [0.717, 1.165) is 24.1 Å². The third-order valence-electron chi connectivity index (χ3n) is 4.12. The van der Waals surface area contributed by atoms with Gasteiger partial charge in [0.25, 0.3) is 5.91 Å². The molecule has 8 heteroatoms. The first-order chi connectivity index (χ1) is 13.2. The van der Waals surface area contributed by atoms with Crippen molar-refractivity contribution in [2.24, 2.45) is 0 Å². The van der Waals surface area contributed by atoms with Crippen molar-refractivity contribution in [1.29, 1.82) is 0 Å². The number of ether oxygens (including phenoxy) is 2. The summed E-state index contributed by atoms with van der Waals surface area (Å²) in [5.41, 5.74) is -0.149. The number of rotatable bonds is 7. The average molecular weight is 396 g/mol. The summed E-state index contributed by atoms with van der Waals surface area (Å²) in [5.74, 6) is 0.644. The summed E-state index contributed by atoms with van der Waals surface area (Å²) in [6.07, 6.45) is -3.69. The van der Waals surface area contributed by atoms with E-state index in [9.17, 15) is 18.0 Å². The zero-order valence-corrected chi connectivity index (χ0v) is 16.2. The molecule has 0 aliphatic carbocycles. The van der Waals surface area contributed by atoms with Gasteiger partial charge >= 0.3 is 6.18 Å². The summed E-state index contributed by atoms with van der Waals surface area (Å²) < 4.78 is 49.1. The number of benzene rings is 1. The molecule has 0 bridgehead atoms. The number of nitrogens with one attached hydrogen (secondary N) is 1. The summed E-state index contributed by atoms with van der Waals surface area (Å²) in [5, 5.41) is 2.77. The van der Waals surface area contributed by atoms with Crippen LogP contribution in [0.25, 0.3) is 0 Å². The molecule has 2 rings (SSSR count). The van der Waals surface area contributed by atoms with E-state index >= 15 is 0 Å². The summed E-state index contributed by atoms with van der Waals surface area (Å²) >= 11 is 0. The van der Waals surface area contributed by atoms with Crippen LogP contribution in [0.4, 0.5) is 13.2 Å². The fourth-order valence-corrected chi connectivity index (χ4v) is 2.60. The van der Waals surface area contributed by atoms with Gasteiger partial charge in [-0.15, -0.1) is 0 Å². The molecule has 2 aromatic rings. The van der Waals surface area contributed by atoms with E-state index < -0.39 is 23.8 Å². The molecule has 0 fully saturated rings. The van der Waals surface area contributed by atoms with Gasteiger partial charge in [0.1, 0.15) is 5.69 Å². The zero-order valence-electron chi connectivity index (χ0n) is 16.2.